The fraction of sp³-hybridized carbons (Fsp3) is 0.387. The Bertz CT molecular complexity index is 1280. The molecule has 1 aromatic heterocycles. The van der Waals surface area contributed by atoms with E-state index in [1.165, 1.54) is 6.07 Å². The van der Waals surface area contributed by atoms with E-state index in [4.69, 9.17) is 4.74 Å². The van der Waals surface area contributed by atoms with Crippen molar-refractivity contribution in [3.05, 3.63) is 78.4 Å². The predicted molar refractivity (Wildman–Crippen MR) is 149 cm³/mol. The van der Waals surface area contributed by atoms with Crippen LogP contribution in [0.25, 0.3) is 11.1 Å². The van der Waals surface area contributed by atoms with Crippen LogP contribution in [0.15, 0.2) is 66.7 Å². The summed E-state index contributed by atoms with van der Waals surface area (Å²) in [6.45, 7) is 8.12. The quantitative estimate of drug-likeness (QED) is 0.275. The van der Waals surface area contributed by atoms with Crippen LogP contribution in [0.2, 0.25) is 0 Å². The molecule has 0 radical (unpaired) electrons. The second-order valence-electron chi connectivity index (χ2n) is 10.5. The van der Waals surface area contributed by atoms with Crippen molar-refractivity contribution in [1.29, 1.82) is 0 Å². The number of pyridine rings is 1. The number of aromatic nitrogens is 1. The van der Waals surface area contributed by atoms with Crippen LogP contribution in [-0.4, -0.2) is 40.8 Å². The Morgan fingerprint density at radius 3 is 2.26 bits per heavy atom. The molecule has 0 spiro atoms. The van der Waals surface area contributed by atoms with Crippen LogP contribution < -0.4 is 15.0 Å². The lowest BCUT2D eigenvalue weighted by Crippen LogP contribution is -2.49. The molecule has 1 aliphatic rings. The molecule has 1 heterocycles. The van der Waals surface area contributed by atoms with E-state index in [1.807, 2.05) is 76.2 Å². The summed E-state index contributed by atoms with van der Waals surface area (Å²) in [6.07, 6.45) is 0.300. The molecule has 0 unspecified atom stereocenters. The molecule has 39 heavy (non-hydrogen) atoms. The zero-order valence-electron chi connectivity index (χ0n) is 22.8. The van der Waals surface area contributed by atoms with Gasteiger partial charge in [0, 0.05) is 29.8 Å². The molecule has 3 aromatic rings. The van der Waals surface area contributed by atoms with E-state index < -0.39 is 18.1 Å². The number of hydrogen-bond acceptors (Lipinski definition) is 4. The van der Waals surface area contributed by atoms with Gasteiger partial charge in [-0.3, -0.25) is 4.79 Å². The third-order valence-electron chi connectivity index (χ3n) is 7.25. The Morgan fingerprint density at radius 1 is 1.05 bits per heavy atom. The highest BCUT2D eigenvalue weighted by molar-refractivity contribution is 5.97. The van der Waals surface area contributed by atoms with E-state index in [0.29, 0.717) is 17.8 Å². The number of rotatable bonds is 11. The van der Waals surface area contributed by atoms with Crippen LogP contribution in [0.5, 0.6) is 5.75 Å². The van der Waals surface area contributed by atoms with Crippen molar-refractivity contribution in [1.82, 2.24) is 10.3 Å². The first kappa shape index (κ1) is 28.1. The van der Waals surface area contributed by atoms with Gasteiger partial charge in [-0.15, -0.1) is 0 Å². The highest BCUT2D eigenvalue weighted by Crippen LogP contribution is 2.48. The van der Waals surface area contributed by atoms with Gasteiger partial charge in [0.1, 0.15) is 5.75 Å². The molecular weight excluding hydrogens is 497 g/mol. The lowest BCUT2D eigenvalue weighted by molar-refractivity contribution is -0.120. The Balaban J connectivity index is 1.59. The predicted octanol–water partition coefficient (Wildman–Crippen LogP) is 6.49. The van der Waals surface area contributed by atoms with Crippen LogP contribution in [-0.2, 0) is 4.79 Å². The van der Waals surface area contributed by atoms with Crippen LogP contribution in [0.3, 0.4) is 0 Å². The summed E-state index contributed by atoms with van der Waals surface area (Å²) in [5.41, 5.74) is 3.25. The van der Waals surface area contributed by atoms with Crippen LogP contribution >= 0.6 is 0 Å². The molecule has 2 aromatic carbocycles. The van der Waals surface area contributed by atoms with Crippen LogP contribution in [0.4, 0.5) is 14.9 Å². The third-order valence-corrected chi connectivity index (χ3v) is 7.25. The van der Waals surface area contributed by atoms with E-state index in [9.17, 15) is 19.1 Å². The first-order valence-electron chi connectivity index (χ1n) is 13.5. The van der Waals surface area contributed by atoms with Gasteiger partial charge in [0.15, 0.2) is 0 Å². The molecule has 2 amide bonds. The van der Waals surface area contributed by atoms with Crippen molar-refractivity contribution in [2.45, 2.75) is 58.6 Å². The Kier molecular flexibility index (Phi) is 8.84. The summed E-state index contributed by atoms with van der Waals surface area (Å²) in [7, 11) is 0. The lowest BCUT2D eigenvalue weighted by atomic mass is 9.98. The van der Waals surface area contributed by atoms with Crippen LogP contribution in [0, 0.1) is 17.8 Å². The standard InChI is InChI=1S/C31H36FN3O4/c1-5-20(4)28(34-31(37)38)18-35(30(36)26-17-25(26)27-7-6-8-29(32)33-27)23-13-9-21(10-14-23)22-11-15-24(16-12-22)39-19(2)3/h6-16,19-20,25-26,28,34H,5,17-18H2,1-4H3,(H,37,38)/t20-,25+,26+,28+/m0/s1. The summed E-state index contributed by atoms with van der Waals surface area (Å²) < 4.78 is 19.4. The zero-order chi connectivity index (χ0) is 28.1. The second-order valence-corrected chi connectivity index (χ2v) is 10.5. The SMILES string of the molecule is CC[C@H](C)[C@@H](CN(C(=O)[C@@H]1C[C@H]1c1cccc(F)n1)c1ccc(-c2ccc(OC(C)C)cc2)cc1)NC(=O)O. The molecule has 0 bridgehead atoms. The van der Waals surface area contributed by atoms with Crippen molar-refractivity contribution in [2.24, 2.45) is 11.8 Å². The van der Waals surface area contributed by atoms with E-state index in [-0.39, 0.29) is 36.3 Å². The van der Waals surface area contributed by atoms with Crippen molar-refractivity contribution in [2.75, 3.05) is 11.4 Å². The fourth-order valence-electron chi connectivity index (χ4n) is 4.79. The molecule has 206 valence electrons. The second kappa shape index (κ2) is 12.3. The minimum Gasteiger partial charge on any atom is -0.491 e. The number of carbonyl (C=O) groups is 2. The summed E-state index contributed by atoms with van der Waals surface area (Å²) in [4.78, 5) is 31.0. The highest BCUT2D eigenvalue weighted by atomic mass is 19.1. The zero-order valence-corrected chi connectivity index (χ0v) is 22.8. The maximum Gasteiger partial charge on any atom is 0.404 e. The number of ether oxygens (including phenoxy) is 1. The minimum atomic E-state index is -1.12. The lowest BCUT2D eigenvalue weighted by Gasteiger charge is -2.31. The molecule has 8 heteroatoms. The minimum absolute atomic E-state index is 0.0159. The number of benzene rings is 2. The van der Waals surface area contributed by atoms with Gasteiger partial charge in [-0.2, -0.15) is 4.39 Å². The van der Waals surface area contributed by atoms with E-state index in [1.54, 1.807) is 17.0 Å². The molecule has 0 aliphatic heterocycles. The molecule has 4 rings (SSSR count). The topological polar surface area (TPSA) is 91.8 Å². The highest BCUT2D eigenvalue weighted by Gasteiger charge is 2.47. The molecule has 1 saturated carbocycles. The Hall–Kier alpha value is -3.94. The summed E-state index contributed by atoms with van der Waals surface area (Å²) in [5.74, 6) is -0.359. The van der Waals surface area contributed by atoms with Crippen molar-refractivity contribution < 1.29 is 23.8 Å². The van der Waals surface area contributed by atoms with Gasteiger partial charge in [-0.25, -0.2) is 9.78 Å². The van der Waals surface area contributed by atoms with E-state index in [2.05, 4.69) is 10.3 Å². The maximum absolute atomic E-state index is 13.8. The van der Waals surface area contributed by atoms with Gasteiger partial charge in [-0.1, -0.05) is 50.6 Å². The normalized spacial score (nSPS) is 17.8. The first-order chi connectivity index (χ1) is 18.7. The number of hydrogen-bond donors (Lipinski definition) is 2. The monoisotopic (exact) mass is 533 g/mol. The Morgan fingerprint density at radius 2 is 1.69 bits per heavy atom. The third kappa shape index (κ3) is 7.13. The molecule has 1 aliphatic carbocycles. The molecule has 7 nitrogen and oxygen atoms in total. The van der Waals surface area contributed by atoms with Crippen molar-refractivity contribution >= 4 is 17.7 Å². The van der Waals surface area contributed by atoms with Crippen molar-refractivity contribution in [3.63, 3.8) is 0 Å². The molecular formula is C31H36FN3O4. The molecule has 0 saturated heterocycles. The van der Waals surface area contributed by atoms with Gasteiger partial charge < -0.3 is 20.1 Å². The van der Waals surface area contributed by atoms with Gasteiger partial charge in [0.25, 0.3) is 0 Å². The average Bonchev–Trinajstić information content (AvgIpc) is 3.71. The van der Waals surface area contributed by atoms with Gasteiger partial charge in [0.2, 0.25) is 11.9 Å². The first-order valence-corrected chi connectivity index (χ1v) is 13.5. The number of carbonyl (C=O) groups excluding carboxylic acids is 1. The van der Waals surface area contributed by atoms with Gasteiger partial charge >= 0.3 is 6.09 Å². The smallest absolute Gasteiger partial charge is 0.404 e. The number of amides is 2. The Labute approximate surface area is 229 Å². The summed E-state index contributed by atoms with van der Waals surface area (Å²) >= 11 is 0. The summed E-state index contributed by atoms with van der Waals surface area (Å²) in [6, 6.07) is 19.7. The fourth-order valence-corrected chi connectivity index (χ4v) is 4.79. The number of anilines is 1. The molecule has 4 atom stereocenters. The number of carboxylic acid groups (broad SMARTS) is 1. The summed E-state index contributed by atoms with van der Waals surface area (Å²) in [5, 5.41) is 12.1. The van der Waals surface area contributed by atoms with Gasteiger partial charge in [-0.05, 0) is 73.7 Å². The van der Waals surface area contributed by atoms with E-state index >= 15 is 0 Å². The van der Waals surface area contributed by atoms with Crippen LogP contribution in [0.1, 0.15) is 52.1 Å². The molecule has 2 N–H and O–H groups in total. The number of nitrogens with one attached hydrogen (secondary N) is 1. The van der Waals surface area contributed by atoms with Gasteiger partial charge in [0.05, 0.1) is 12.1 Å². The van der Waals surface area contributed by atoms with Crippen molar-refractivity contribution in [3.8, 4) is 16.9 Å². The number of halogens is 1. The average molecular weight is 534 g/mol. The largest absolute Gasteiger partial charge is 0.491 e. The number of nitrogens with zero attached hydrogens (tertiary/aromatic N) is 2. The maximum atomic E-state index is 13.8. The molecule has 1 fully saturated rings. The van der Waals surface area contributed by atoms with E-state index in [0.717, 1.165) is 23.3 Å².